The Morgan fingerprint density at radius 1 is 1.25 bits per heavy atom. The van der Waals surface area contributed by atoms with Crippen molar-refractivity contribution in [2.45, 2.75) is 44.6 Å². The van der Waals surface area contributed by atoms with Gasteiger partial charge in [0.25, 0.3) is 0 Å². The van der Waals surface area contributed by atoms with Crippen molar-refractivity contribution in [1.29, 1.82) is 0 Å². The van der Waals surface area contributed by atoms with E-state index in [4.69, 9.17) is 0 Å². The third kappa shape index (κ3) is 5.30. The number of benzene rings is 1. The summed E-state index contributed by atoms with van der Waals surface area (Å²) in [7, 11) is -3.54. The Morgan fingerprint density at radius 2 is 1.85 bits per heavy atom. The van der Waals surface area contributed by atoms with Crippen molar-refractivity contribution in [3.63, 3.8) is 0 Å². The zero-order valence-corrected chi connectivity index (χ0v) is 13.0. The number of nitrogens with one attached hydrogen (secondary N) is 2. The van der Waals surface area contributed by atoms with E-state index in [2.05, 4.69) is 10.0 Å². The molecule has 1 atom stereocenters. The fourth-order valence-corrected chi connectivity index (χ4v) is 2.58. The van der Waals surface area contributed by atoms with Crippen molar-refractivity contribution in [2.75, 3.05) is 6.54 Å². The van der Waals surface area contributed by atoms with Crippen molar-refractivity contribution in [3.8, 4) is 0 Å². The number of hydrogen-bond donors (Lipinski definition) is 2. The Bertz CT molecular complexity index is 538. The van der Waals surface area contributed by atoms with Gasteiger partial charge in [-0.3, -0.25) is 4.79 Å². The van der Waals surface area contributed by atoms with E-state index >= 15 is 0 Å². The predicted octanol–water partition coefficient (Wildman–Crippen LogP) is 1.58. The molecule has 0 saturated carbocycles. The Balaban J connectivity index is 2.48. The van der Waals surface area contributed by atoms with E-state index < -0.39 is 10.0 Å². The molecule has 0 spiro atoms. The summed E-state index contributed by atoms with van der Waals surface area (Å²) in [6.45, 7) is 5.88. The summed E-state index contributed by atoms with van der Waals surface area (Å²) in [5.74, 6) is -0.147. The number of sulfonamides is 1. The molecule has 1 aromatic rings. The van der Waals surface area contributed by atoms with E-state index in [-0.39, 0.29) is 29.8 Å². The number of carbonyl (C=O) groups is 1. The summed E-state index contributed by atoms with van der Waals surface area (Å²) in [5, 5.41) is 2.79. The Kier molecular flexibility index (Phi) is 6.16. The van der Waals surface area contributed by atoms with Crippen molar-refractivity contribution in [1.82, 2.24) is 10.0 Å². The van der Waals surface area contributed by atoms with Crippen LogP contribution in [0.15, 0.2) is 29.2 Å². The van der Waals surface area contributed by atoms with E-state index in [1.165, 1.54) is 0 Å². The van der Waals surface area contributed by atoms with Gasteiger partial charge in [-0.2, -0.15) is 0 Å². The van der Waals surface area contributed by atoms with E-state index in [0.717, 1.165) is 12.0 Å². The van der Waals surface area contributed by atoms with Crippen molar-refractivity contribution in [3.05, 3.63) is 29.8 Å². The largest absolute Gasteiger partial charge is 0.354 e. The maximum Gasteiger partial charge on any atom is 0.240 e. The van der Waals surface area contributed by atoms with Gasteiger partial charge in [-0.1, -0.05) is 24.6 Å². The normalized spacial score (nSPS) is 12.9. The molecule has 1 rings (SSSR count). The molecular weight excluding hydrogens is 276 g/mol. The van der Waals surface area contributed by atoms with E-state index in [1.54, 1.807) is 24.3 Å². The maximum atomic E-state index is 12.0. The summed E-state index contributed by atoms with van der Waals surface area (Å²) < 4.78 is 26.3. The molecule has 0 aliphatic rings. The summed E-state index contributed by atoms with van der Waals surface area (Å²) in [4.78, 5) is 11.7. The molecule has 20 heavy (non-hydrogen) atoms. The summed E-state index contributed by atoms with van der Waals surface area (Å²) in [6.07, 6.45) is 0.982. The van der Waals surface area contributed by atoms with Crippen molar-refractivity contribution in [2.24, 2.45) is 0 Å². The fraction of sp³-hybridized carbons (Fsp3) is 0.500. The van der Waals surface area contributed by atoms with Gasteiger partial charge in [-0.05, 0) is 32.4 Å². The molecule has 0 unspecified atom stereocenters. The Morgan fingerprint density at radius 3 is 2.40 bits per heavy atom. The molecule has 2 N–H and O–H groups in total. The molecule has 0 aliphatic carbocycles. The van der Waals surface area contributed by atoms with Gasteiger partial charge in [-0.25, -0.2) is 13.1 Å². The van der Waals surface area contributed by atoms with Gasteiger partial charge in [0, 0.05) is 19.0 Å². The smallest absolute Gasteiger partial charge is 0.240 e. The van der Waals surface area contributed by atoms with E-state index in [1.807, 2.05) is 20.8 Å². The zero-order chi connectivity index (χ0) is 15.2. The molecule has 0 saturated heterocycles. The van der Waals surface area contributed by atoms with Crippen LogP contribution < -0.4 is 10.0 Å². The average molecular weight is 298 g/mol. The molecule has 0 heterocycles. The maximum absolute atomic E-state index is 12.0. The molecule has 0 aromatic heterocycles. The number of aryl methyl sites for hydroxylation is 1. The van der Waals surface area contributed by atoms with Gasteiger partial charge in [0.05, 0.1) is 4.90 Å². The van der Waals surface area contributed by atoms with Crippen LogP contribution in [-0.4, -0.2) is 26.9 Å². The molecule has 112 valence electrons. The van der Waals surface area contributed by atoms with Crippen LogP contribution in [0.5, 0.6) is 0 Å². The lowest BCUT2D eigenvalue weighted by molar-refractivity contribution is -0.121. The van der Waals surface area contributed by atoms with Crippen LogP contribution in [0.25, 0.3) is 0 Å². The number of hydrogen-bond acceptors (Lipinski definition) is 3. The molecule has 5 nitrogen and oxygen atoms in total. The Labute approximate surface area is 120 Å². The van der Waals surface area contributed by atoms with E-state index in [0.29, 0.717) is 0 Å². The lowest BCUT2D eigenvalue weighted by Gasteiger charge is -2.11. The lowest BCUT2D eigenvalue weighted by atomic mass is 10.2. The minimum Gasteiger partial charge on any atom is -0.354 e. The SMILES string of the molecule is CC[C@@H](C)NC(=O)CCNS(=O)(=O)c1ccc(C)cc1. The van der Waals surface area contributed by atoms with Crippen molar-refractivity contribution >= 4 is 15.9 Å². The fourth-order valence-electron chi connectivity index (χ4n) is 1.55. The highest BCUT2D eigenvalue weighted by molar-refractivity contribution is 7.89. The third-order valence-corrected chi connectivity index (χ3v) is 4.47. The molecular formula is C14H22N2O3S. The minimum atomic E-state index is -3.54. The molecule has 1 amide bonds. The average Bonchev–Trinajstić information content (AvgIpc) is 2.38. The second kappa shape index (κ2) is 7.40. The van der Waals surface area contributed by atoms with Gasteiger partial charge in [-0.15, -0.1) is 0 Å². The molecule has 1 aromatic carbocycles. The first-order valence-corrected chi connectivity index (χ1v) is 8.19. The van der Waals surface area contributed by atoms with Gasteiger partial charge < -0.3 is 5.32 Å². The van der Waals surface area contributed by atoms with Gasteiger partial charge in [0.15, 0.2) is 0 Å². The highest BCUT2D eigenvalue weighted by atomic mass is 32.2. The Hall–Kier alpha value is -1.40. The zero-order valence-electron chi connectivity index (χ0n) is 12.1. The lowest BCUT2D eigenvalue weighted by Crippen LogP contribution is -2.35. The van der Waals surface area contributed by atoms with Crippen LogP contribution in [0.4, 0.5) is 0 Å². The summed E-state index contributed by atoms with van der Waals surface area (Å²) in [5.41, 5.74) is 0.997. The molecule has 0 fully saturated rings. The van der Waals surface area contributed by atoms with Crippen molar-refractivity contribution < 1.29 is 13.2 Å². The number of rotatable bonds is 7. The summed E-state index contributed by atoms with van der Waals surface area (Å²) in [6, 6.07) is 6.69. The van der Waals surface area contributed by atoms with Crippen LogP contribution in [0.2, 0.25) is 0 Å². The first-order chi connectivity index (χ1) is 9.35. The molecule has 0 aliphatic heterocycles. The van der Waals surface area contributed by atoms with Crippen LogP contribution in [0, 0.1) is 6.92 Å². The van der Waals surface area contributed by atoms with E-state index in [9.17, 15) is 13.2 Å². The first-order valence-electron chi connectivity index (χ1n) is 6.71. The quantitative estimate of drug-likeness (QED) is 0.802. The highest BCUT2D eigenvalue weighted by Gasteiger charge is 2.14. The van der Waals surface area contributed by atoms with Crippen LogP contribution >= 0.6 is 0 Å². The van der Waals surface area contributed by atoms with Crippen LogP contribution in [0.1, 0.15) is 32.3 Å². The topological polar surface area (TPSA) is 75.3 Å². The molecule has 0 radical (unpaired) electrons. The van der Waals surface area contributed by atoms with Crippen LogP contribution in [-0.2, 0) is 14.8 Å². The first kappa shape index (κ1) is 16.7. The second-order valence-corrected chi connectivity index (χ2v) is 6.60. The highest BCUT2D eigenvalue weighted by Crippen LogP contribution is 2.09. The van der Waals surface area contributed by atoms with Crippen LogP contribution in [0.3, 0.4) is 0 Å². The minimum absolute atomic E-state index is 0.0957. The van der Waals surface area contributed by atoms with Gasteiger partial charge >= 0.3 is 0 Å². The monoisotopic (exact) mass is 298 g/mol. The molecule has 0 bridgehead atoms. The standard InChI is InChI=1S/C14H22N2O3S/c1-4-12(3)16-14(17)9-10-15-20(18,19)13-7-5-11(2)6-8-13/h5-8,12,15H,4,9-10H2,1-3H3,(H,16,17)/t12-/m1/s1. The van der Waals surface area contributed by atoms with Gasteiger partial charge in [0.2, 0.25) is 15.9 Å². The van der Waals surface area contributed by atoms with Gasteiger partial charge in [0.1, 0.15) is 0 Å². The predicted molar refractivity (Wildman–Crippen MR) is 78.9 cm³/mol. The second-order valence-electron chi connectivity index (χ2n) is 4.84. The number of amides is 1. The number of carbonyl (C=O) groups excluding carboxylic acids is 1. The third-order valence-electron chi connectivity index (χ3n) is 3.00. The summed E-state index contributed by atoms with van der Waals surface area (Å²) >= 11 is 0. The molecule has 6 heteroatoms.